The van der Waals surface area contributed by atoms with Crippen LogP contribution in [0.4, 0.5) is 5.82 Å². The second-order valence-corrected chi connectivity index (χ2v) is 7.74. The molecule has 1 aromatic carbocycles. The van der Waals surface area contributed by atoms with E-state index in [9.17, 15) is 0 Å². The first-order chi connectivity index (χ1) is 13.2. The van der Waals surface area contributed by atoms with Crippen molar-refractivity contribution in [3.63, 3.8) is 0 Å². The maximum atomic E-state index is 6.38. The summed E-state index contributed by atoms with van der Waals surface area (Å²) in [4.78, 5) is 13.5. The third kappa shape index (κ3) is 2.86. The van der Waals surface area contributed by atoms with E-state index in [1.54, 1.807) is 13.4 Å². The highest BCUT2D eigenvalue weighted by Gasteiger charge is 2.54. The molecule has 1 aromatic heterocycles. The van der Waals surface area contributed by atoms with Gasteiger partial charge < -0.3 is 19.3 Å². The number of benzene rings is 1. The molecule has 2 unspecified atom stereocenters. The molecule has 0 radical (unpaired) electrons. The van der Waals surface area contributed by atoms with Gasteiger partial charge in [0.25, 0.3) is 0 Å². The van der Waals surface area contributed by atoms with E-state index in [1.807, 2.05) is 30.3 Å². The number of nitrogens with two attached hydrogens (primary N) is 1. The van der Waals surface area contributed by atoms with Crippen molar-refractivity contribution in [3.8, 4) is 17.0 Å². The molecule has 5 heterocycles. The first-order valence-electron chi connectivity index (χ1n) is 9.56. The molecule has 0 amide bonds. The zero-order valence-corrected chi connectivity index (χ0v) is 15.5. The van der Waals surface area contributed by atoms with Crippen molar-refractivity contribution >= 4 is 5.82 Å². The molecule has 2 aromatic rings. The summed E-state index contributed by atoms with van der Waals surface area (Å²) in [6.45, 7) is 4.12. The normalized spacial score (nSPS) is 32.2. The summed E-state index contributed by atoms with van der Waals surface area (Å²) in [5.41, 5.74) is 8.10. The van der Waals surface area contributed by atoms with Gasteiger partial charge in [0, 0.05) is 18.2 Å². The lowest BCUT2D eigenvalue weighted by Gasteiger charge is -2.50. The minimum atomic E-state index is -0.468. The second kappa shape index (κ2) is 6.44. The van der Waals surface area contributed by atoms with Gasteiger partial charge in [0.1, 0.15) is 23.5 Å². The number of nitrogens with zero attached hydrogens (tertiary/aromatic N) is 4. The van der Waals surface area contributed by atoms with Crippen LogP contribution in [0.5, 0.6) is 5.75 Å². The summed E-state index contributed by atoms with van der Waals surface area (Å²) in [5.74, 6) is 2.23. The van der Waals surface area contributed by atoms with E-state index in [1.165, 1.54) is 25.9 Å². The molecular formula is C20H25N5O2. The predicted molar refractivity (Wildman–Crippen MR) is 102 cm³/mol. The number of rotatable bonds is 3. The second-order valence-electron chi connectivity index (χ2n) is 7.74. The average Bonchev–Trinajstić information content (AvgIpc) is 3.04. The Morgan fingerprint density at radius 1 is 1.15 bits per heavy atom. The van der Waals surface area contributed by atoms with Crippen molar-refractivity contribution in [2.24, 2.45) is 11.7 Å². The first kappa shape index (κ1) is 16.9. The van der Waals surface area contributed by atoms with Crippen molar-refractivity contribution in [1.82, 2.24) is 14.9 Å². The number of piperidine rings is 3. The predicted octanol–water partition coefficient (Wildman–Crippen LogP) is 1.70. The van der Waals surface area contributed by atoms with Crippen LogP contribution >= 0.6 is 0 Å². The summed E-state index contributed by atoms with van der Waals surface area (Å²) in [7, 11) is 1.66. The molecule has 4 fully saturated rings. The van der Waals surface area contributed by atoms with Crippen LogP contribution < -0.4 is 15.4 Å². The highest BCUT2D eigenvalue weighted by atomic mass is 16.6. The van der Waals surface area contributed by atoms with Crippen molar-refractivity contribution in [3.05, 3.63) is 36.7 Å². The van der Waals surface area contributed by atoms with Crippen molar-refractivity contribution in [2.45, 2.75) is 24.8 Å². The van der Waals surface area contributed by atoms with Crippen LogP contribution in [0.3, 0.4) is 0 Å². The standard InChI is InChI=1S/C20H25N5O2/c1-26-16-4-2-14(3-5-16)17-10-18(23-13-22-17)25-12-20(27-19(25)21)11-24-8-6-15(20)7-9-24/h2-5,10,13,15,19H,6-9,11-12,21H2,1H3. The van der Waals surface area contributed by atoms with E-state index in [4.69, 9.17) is 15.2 Å². The fraction of sp³-hybridized carbons (Fsp3) is 0.500. The lowest BCUT2D eigenvalue weighted by atomic mass is 9.75. The Kier molecular flexibility index (Phi) is 4.03. The van der Waals surface area contributed by atoms with E-state index in [2.05, 4.69) is 19.8 Å². The Morgan fingerprint density at radius 2 is 1.93 bits per heavy atom. The molecule has 27 heavy (non-hydrogen) atoms. The Hall–Kier alpha value is -2.22. The Balaban J connectivity index is 1.41. The van der Waals surface area contributed by atoms with Gasteiger partial charge in [-0.2, -0.15) is 0 Å². The number of methoxy groups -OCH3 is 1. The number of hydrogen-bond donors (Lipinski definition) is 1. The average molecular weight is 367 g/mol. The van der Waals surface area contributed by atoms with Gasteiger partial charge in [0.2, 0.25) is 0 Å². The van der Waals surface area contributed by atoms with E-state index in [-0.39, 0.29) is 5.60 Å². The molecule has 7 nitrogen and oxygen atoms in total. The number of aromatic nitrogens is 2. The minimum absolute atomic E-state index is 0.166. The summed E-state index contributed by atoms with van der Waals surface area (Å²) in [6, 6.07) is 9.86. The first-order valence-corrected chi connectivity index (χ1v) is 9.56. The smallest absolute Gasteiger partial charge is 0.186 e. The minimum Gasteiger partial charge on any atom is -0.497 e. The van der Waals surface area contributed by atoms with E-state index in [0.29, 0.717) is 5.92 Å². The van der Waals surface area contributed by atoms with Crippen LogP contribution in [-0.2, 0) is 4.74 Å². The third-order valence-corrected chi connectivity index (χ3v) is 6.26. The summed E-state index contributed by atoms with van der Waals surface area (Å²) in [5, 5.41) is 0. The summed E-state index contributed by atoms with van der Waals surface area (Å²) < 4.78 is 11.6. The van der Waals surface area contributed by atoms with Crippen molar-refractivity contribution in [1.29, 1.82) is 0 Å². The highest BCUT2D eigenvalue weighted by Crippen LogP contribution is 2.43. The van der Waals surface area contributed by atoms with Crippen LogP contribution in [-0.4, -0.2) is 60.1 Å². The lowest BCUT2D eigenvalue weighted by molar-refractivity contribution is -0.137. The molecule has 4 aliphatic rings. The lowest BCUT2D eigenvalue weighted by Crippen LogP contribution is -2.61. The van der Waals surface area contributed by atoms with Gasteiger partial charge in [-0.25, -0.2) is 9.97 Å². The molecule has 2 N–H and O–H groups in total. The highest BCUT2D eigenvalue weighted by molar-refractivity contribution is 5.63. The number of ether oxygens (including phenoxy) is 2. The molecule has 4 aliphatic heterocycles. The van der Waals surface area contributed by atoms with Crippen LogP contribution in [0.25, 0.3) is 11.3 Å². The zero-order chi connectivity index (χ0) is 18.4. The zero-order valence-electron chi connectivity index (χ0n) is 15.5. The molecule has 7 heteroatoms. The molecule has 4 saturated heterocycles. The maximum absolute atomic E-state index is 6.38. The van der Waals surface area contributed by atoms with Gasteiger partial charge in [0.05, 0.1) is 19.3 Å². The molecule has 6 rings (SSSR count). The fourth-order valence-corrected chi connectivity index (χ4v) is 4.79. The Labute approximate surface area is 159 Å². The van der Waals surface area contributed by atoms with Crippen LogP contribution in [0.1, 0.15) is 12.8 Å². The monoisotopic (exact) mass is 367 g/mol. The number of hydrogen-bond acceptors (Lipinski definition) is 7. The Bertz CT molecular complexity index is 821. The quantitative estimate of drug-likeness (QED) is 0.885. The molecule has 2 bridgehead atoms. The van der Waals surface area contributed by atoms with Gasteiger partial charge in [0.15, 0.2) is 6.35 Å². The van der Waals surface area contributed by atoms with Crippen LogP contribution in [0, 0.1) is 5.92 Å². The molecule has 0 saturated carbocycles. The molecular weight excluding hydrogens is 342 g/mol. The summed E-state index contributed by atoms with van der Waals surface area (Å²) in [6.07, 6.45) is 3.52. The number of anilines is 1. The van der Waals surface area contributed by atoms with Crippen LogP contribution in [0.2, 0.25) is 0 Å². The van der Waals surface area contributed by atoms with E-state index in [0.717, 1.165) is 35.9 Å². The largest absolute Gasteiger partial charge is 0.497 e. The molecule has 1 spiro atoms. The van der Waals surface area contributed by atoms with Crippen molar-refractivity contribution in [2.75, 3.05) is 38.2 Å². The molecule has 142 valence electrons. The molecule has 0 aliphatic carbocycles. The molecule has 2 atom stereocenters. The van der Waals surface area contributed by atoms with E-state index >= 15 is 0 Å². The SMILES string of the molecule is COc1ccc(-c2cc(N3CC4(CN5CCC4CC5)OC3N)ncn2)cc1. The van der Waals surface area contributed by atoms with Crippen molar-refractivity contribution < 1.29 is 9.47 Å². The topological polar surface area (TPSA) is 76.7 Å². The maximum Gasteiger partial charge on any atom is 0.186 e. The summed E-state index contributed by atoms with van der Waals surface area (Å²) >= 11 is 0. The van der Waals surface area contributed by atoms with Crippen LogP contribution in [0.15, 0.2) is 36.7 Å². The number of fused-ring (bicyclic) bond motifs is 2. The van der Waals surface area contributed by atoms with Gasteiger partial charge in [-0.3, -0.25) is 5.73 Å². The third-order valence-electron chi connectivity index (χ3n) is 6.26. The fourth-order valence-electron chi connectivity index (χ4n) is 4.79. The van der Waals surface area contributed by atoms with Gasteiger partial charge in [-0.1, -0.05) is 0 Å². The van der Waals surface area contributed by atoms with E-state index < -0.39 is 6.35 Å². The van der Waals surface area contributed by atoms with Gasteiger partial charge in [-0.15, -0.1) is 0 Å². The van der Waals surface area contributed by atoms with Gasteiger partial charge in [-0.05, 0) is 56.1 Å². The van der Waals surface area contributed by atoms with Gasteiger partial charge >= 0.3 is 0 Å². The Morgan fingerprint density at radius 3 is 2.59 bits per heavy atom.